The molecule has 21 heavy (non-hydrogen) atoms. The van der Waals surface area contributed by atoms with Crippen LogP contribution in [0.1, 0.15) is 51.0 Å². The molecule has 0 aromatic heterocycles. The molecule has 0 radical (unpaired) electrons. The zero-order valence-corrected chi connectivity index (χ0v) is 13.3. The highest BCUT2D eigenvalue weighted by atomic mass is 16.1. The Labute approximate surface area is 129 Å². The zero-order valence-electron chi connectivity index (χ0n) is 13.3. The molecule has 0 bridgehead atoms. The van der Waals surface area contributed by atoms with E-state index in [1.807, 2.05) is 30.3 Å². The van der Waals surface area contributed by atoms with Crippen molar-refractivity contribution < 1.29 is 4.79 Å². The van der Waals surface area contributed by atoms with Crippen LogP contribution in [0.25, 0.3) is 0 Å². The summed E-state index contributed by atoms with van der Waals surface area (Å²) in [4.78, 5) is 12.1. The first-order valence-corrected chi connectivity index (χ1v) is 8.29. The third-order valence-electron chi connectivity index (χ3n) is 3.81. The first kappa shape index (κ1) is 17.7. The zero-order chi connectivity index (χ0) is 15.3. The van der Waals surface area contributed by atoms with Gasteiger partial charge in [-0.1, -0.05) is 69.4 Å². The van der Waals surface area contributed by atoms with E-state index in [1.165, 1.54) is 37.7 Å². The smallest absolute Gasteiger partial charge is 0.224 e. The van der Waals surface area contributed by atoms with Gasteiger partial charge >= 0.3 is 0 Å². The van der Waals surface area contributed by atoms with Gasteiger partial charge in [-0.3, -0.25) is 4.79 Å². The van der Waals surface area contributed by atoms with Crippen molar-refractivity contribution in [3.63, 3.8) is 0 Å². The second-order valence-electron chi connectivity index (χ2n) is 5.68. The summed E-state index contributed by atoms with van der Waals surface area (Å²) in [6, 6.07) is 10.1. The number of rotatable bonds is 11. The topological polar surface area (TPSA) is 55.1 Å². The number of nitrogens with one attached hydrogen (secondary N) is 1. The lowest BCUT2D eigenvalue weighted by Crippen LogP contribution is -2.36. The van der Waals surface area contributed by atoms with Crippen molar-refractivity contribution in [3.05, 3.63) is 35.9 Å². The van der Waals surface area contributed by atoms with E-state index < -0.39 is 0 Å². The van der Waals surface area contributed by atoms with Crippen LogP contribution in [-0.2, 0) is 11.2 Å². The van der Waals surface area contributed by atoms with Crippen LogP contribution in [0.2, 0.25) is 0 Å². The number of carbonyl (C=O) groups excluding carboxylic acids is 1. The van der Waals surface area contributed by atoms with Crippen molar-refractivity contribution >= 4 is 5.91 Å². The van der Waals surface area contributed by atoms with Gasteiger partial charge in [0, 0.05) is 13.1 Å². The molecule has 3 nitrogen and oxygen atoms in total. The van der Waals surface area contributed by atoms with Crippen LogP contribution in [0, 0.1) is 5.92 Å². The number of hydrogen-bond acceptors (Lipinski definition) is 2. The molecule has 0 aliphatic carbocycles. The molecular weight excluding hydrogens is 260 g/mol. The highest BCUT2D eigenvalue weighted by Gasteiger charge is 2.16. The Bertz CT molecular complexity index is 378. The Morgan fingerprint density at radius 1 is 1.10 bits per heavy atom. The minimum atomic E-state index is -0.118. The molecule has 1 amide bonds. The highest BCUT2D eigenvalue weighted by molar-refractivity contribution is 5.79. The van der Waals surface area contributed by atoms with Gasteiger partial charge in [0.1, 0.15) is 0 Å². The van der Waals surface area contributed by atoms with Gasteiger partial charge < -0.3 is 11.1 Å². The van der Waals surface area contributed by atoms with E-state index in [0.717, 1.165) is 19.4 Å². The summed E-state index contributed by atoms with van der Waals surface area (Å²) in [5.74, 6) is -0.0256. The van der Waals surface area contributed by atoms with E-state index in [4.69, 9.17) is 5.73 Å². The van der Waals surface area contributed by atoms with Gasteiger partial charge in [-0.15, -0.1) is 0 Å². The fourth-order valence-corrected chi connectivity index (χ4v) is 2.44. The van der Waals surface area contributed by atoms with E-state index in [1.54, 1.807) is 0 Å². The Morgan fingerprint density at radius 2 is 1.76 bits per heavy atom. The minimum Gasteiger partial charge on any atom is -0.356 e. The molecule has 3 heteroatoms. The van der Waals surface area contributed by atoms with Crippen LogP contribution < -0.4 is 11.1 Å². The lowest BCUT2D eigenvalue weighted by atomic mass is 9.98. The summed E-state index contributed by atoms with van der Waals surface area (Å²) in [6.45, 7) is 3.40. The van der Waals surface area contributed by atoms with Crippen molar-refractivity contribution in [2.24, 2.45) is 11.7 Å². The maximum absolute atomic E-state index is 12.1. The summed E-state index contributed by atoms with van der Waals surface area (Å²) in [5.41, 5.74) is 6.92. The second kappa shape index (κ2) is 11.3. The Kier molecular flexibility index (Phi) is 9.55. The van der Waals surface area contributed by atoms with Crippen LogP contribution in [-0.4, -0.2) is 19.0 Å². The SMILES string of the molecule is CCCCCCCCNC(=O)C(CN)Cc1ccccc1. The Morgan fingerprint density at radius 3 is 2.43 bits per heavy atom. The maximum Gasteiger partial charge on any atom is 0.224 e. The van der Waals surface area contributed by atoms with Crippen LogP contribution in [0.3, 0.4) is 0 Å². The summed E-state index contributed by atoms with van der Waals surface area (Å²) in [6.07, 6.45) is 8.16. The quantitative estimate of drug-likeness (QED) is 0.614. The largest absolute Gasteiger partial charge is 0.356 e. The van der Waals surface area contributed by atoms with Gasteiger partial charge in [-0.25, -0.2) is 0 Å². The van der Waals surface area contributed by atoms with Gasteiger partial charge in [0.25, 0.3) is 0 Å². The molecule has 1 aromatic carbocycles. The summed E-state index contributed by atoms with van der Waals surface area (Å²) in [5, 5.41) is 3.03. The first-order chi connectivity index (χ1) is 10.3. The number of amides is 1. The molecule has 1 aromatic rings. The molecule has 0 saturated carbocycles. The number of hydrogen-bond donors (Lipinski definition) is 2. The average molecular weight is 290 g/mol. The monoisotopic (exact) mass is 290 g/mol. The molecule has 1 unspecified atom stereocenters. The van der Waals surface area contributed by atoms with Crippen molar-refractivity contribution in [2.75, 3.05) is 13.1 Å². The number of carbonyl (C=O) groups is 1. The molecule has 1 atom stereocenters. The van der Waals surface area contributed by atoms with E-state index >= 15 is 0 Å². The van der Waals surface area contributed by atoms with Crippen LogP contribution in [0.4, 0.5) is 0 Å². The first-order valence-electron chi connectivity index (χ1n) is 8.29. The fraction of sp³-hybridized carbons (Fsp3) is 0.611. The fourth-order valence-electron chi connectivity index (χ4n) is 2.44. The maximum atomic E-state index is 12.1. The van der Waals surface area contributed by atoms with Gasteiger partial charge in [-0.05, 0) is 18.4 Å². The van der Waals surface area contributed by atoms with Gasteiger partial charge in [-0.2, -0.15) is 0 Å². The van der Waals surface area contributed by atoms with E-state index in [-0.39, 0.29) is 11.8 Å². The standard InChI is InChI=1S/C18H30N2O/c1-2-3-4-5-6-10-13-20-18(21)17(15-19)14-16-11-8-7-9-12-16/h7-9,11-12,17H,2-6,10,13-15,19H2,1H3,(H,20,21). The molecule has 118 valence electrons. The van der Waals surface area contributed by atoms with Crippen molar-refractivity contribution in [1.29, 1.82) is 0 Å². The minimum absolute atomic E-state index is 0.0925. The normalized spacial score (nSPS) is 12.1. The van der Waals surface area contributed by atoms with Gasteiger partial charge in [0.2, 0.25) is 5.91 Å². The molecule has 0 fully saturated rings. The van der Waals surface area contributed by atoms with E-state index in [0.29, 0.717) is 6.54 Å². The Balaban J connectivity index is 2.19. The summed E-state index contributed by atoms with van der Waals surface area (Å²) < 4.78 is 0. The average Bonchev–Trinajstić information content (AvgIpc) is 2.52. The molecule has 0 heterocycles. The third kappa shape index (κ3) is 7.86. The van der Waals surface area contributed by atoms with Gasteiger partial charge in [0.05, 0.1) is 5.92 Å². The molecule has 0 aliphatic rings. The van der Waals surface area contributed by atoms with Crippen LogP contribution in [0.5, 0.6) is 0 Å². The number of benzene rings is 1. The van der Waals surface area contributed by atoms with Crippen LogP contribution >= 0.6 is 0 Å². The van der Waals surface area contributed by atoms with E-state index in [2.05, 4.69) is 12.2 Å². The molecule has 0 spiro atoms. The molecular formula is C18H30N2O. The van der Waals surface area contributed by atoms with E-state index in [9.17, 15) is 4.79 Å². The third-order valence-corrected chi connectivity index (χ3v) is 3.81. The van der Waals surface area contributed by atoms with Crippen molar-refractivity contribution in [3.8, 4) is 0 Å². The highest BCUT2D eigenvalue weighted by Crippen LogP contribution is 2.08. The van der Waals surface area contributed by atoms with Crippen LogP contribution in [0.15, 0.2) is 30.3 Å². The second-order valence-corrected chi connectivity index (χ2v) is 5.68. The lowest BCUT2D eigenvalue weighted by molar-refractivity contribution is -0.124. The predicted octanol–water partition coefficient (Wildman–Crippen LogP) is 3.28. The lowest BCUT2D eigenvalue weighted by Gasteiger charge is -2.15. The number of nitrogens with two attached hydrogens (primary N) is 1. The molecule has 0 saturated heterocycles. The molecule has 3 N–H and O–H groups in total. The van der Waals surface area contributed by atoms with Crippen molar-refractivity contribution in [1.82, 2.24) is 5.32 Å². The summed E-state index contributed by atoms with van der Waals surface area (Å²) in [7, 11) is 0. The molecule has 0 aliphatic heterocycles. The predicted molar refractivity (Wildman–Crippen MR) is 89.1 cm³/mol. The molecule has 1 rings (SSSR count). The number of unbranched alkanes of at least 4 members (excludes halogenated alkanes) is 5. The Hall–Kier alpha value is -1.35. The van der Waals surface area contributed by atoms with Gasteiger partial charge in [0.15, 0.2) is 0 Å². The van der Waals surface area contributed by atoms with Crippen molar-refractivity contribution in [2.45, 2.75) is 51.9 Å². The summed E-state index contributed by atoms with van der Waals surface area (Å²) >= 11 is 0.